The molecule has 1 N–H and O–H groups in total. The highest BCUT2D eigenvalue weighted by Gasteiger charge is 2.37. The highest BCUT2D eigenvalue weighted by Crippen LogP contribution is 2.33. The summed E-state index contributed by atoms with van der Waals surface area (Å²) >= 11 is 6.11. The second-order valence-electron chi connectivity index (χ2n) is 7.07. The van der Waals surface area contributed by atoms with Gasteiger partial charge in [0.1, 0.15) is 0 Å². The number of carbonyl (C=O) groups excluding carboxylic acids is 1. The number of halogens is 1. The maximum absolute atomic E-state index is 12.3. The van der Waals surface area contributed by atoms with Crippen molar-refractivity contribution in [3.05, 3.63) is 34.9 Å². The second kappa shape index (κ2) is 7.23. The van der Waals surface area contributed by atoms with E-state index in [4.69, 9.17) is 11.6 Å². The number of hydrogen-bond acceptors (Lipinski definition) is 2. The highest BCUT2D eigenvalue weighted by molar-refractivity contribution is 6.30. The highest BCUT2D eigenvalue weighted by atomic mass is 35.5. The molecule has 126 valence electrons. The molecule has 3 nitrogen and oxygen atoms in total. The molecule has 1 aromatic rings. The molecule has 0 unspecified atom stereocenters. The molecule has 0 bridgehead atoms. The molecular weight excluding hydrogens is 308 g/mol. The summed E-state index contributed by atoms with van der Waals surface area (Å²) in [4.78, 5) is 14.4. The maximum Gasteiger partial charge on any atom is 0.225 e. The van der Waals surface area contributed by atoms with Gasteiger partial charge in [0.15, 0.2) is 0 Å². The molecule has 4 heteroatoms. The molecule has 0 aromatic heterocycles. The van der Waals surface area contributed by atoms with E-state index in [1.807, 2.05) is 18.2 Å². The van der Waals surface area contributed by atoms with Gasteiger partial charge in [-0.1, -0.05) is 37.1 Å². The Hall–Kier alpha value is -1.06. The van der Waals surface area contributed by atoms with Gasteiger partial charge in [-0.05, 0) is 49.8 Å². The van der Waals surface area contributed by atoms with E-state index in [0.717, 1.165) is 43.8 Å². The fourth-order valence-electron chi connectivity index (χ4n) is 3.65. The zero-order valence-electron chi connectivity index (χ0n) is 14.1. The maximum atomic E-state index is 12.3. The van der Waals surface area contributed by atoms with Crippen molar-refractivity contribution in [3.8, 4) is 0 Å². The number of nitrogens with one attached hydrogen (secondary N) is 1. The lowest BCUT2D eigenvalue weighted by Crippen LogP contribution is -2.51. The van der Waals surface area contributed by atoms with Gasteiger partial charge in [0.05, 0.1) is 0 Å². The second-order valence-corrected chi connectivity index (χ2v) is 7.50. The first-order valence-electron chi connectivity index (χ1n) is 8.88. The summed E-state index contributed by atoms with van der Waals surface area (Å²) in [6.07, 6.45) is 4.34. The summed E-state index contributed by atoms with van der Waals surface area (Å²) in [7, 11) is 0. The van der Waals surface area contributed by atoms with Crippen molar-refractivity contribution in [2.75, 3.05) is 13.1 Å². The quantitative estimate of drug-likeness (QED) is 0.881. The van der Waals surface area contributed by atoms with Gasteiger partial charge in [-0.2, -0.15) is 0 Å². The lowest BCUT2D eigenvalue weighted by Gasteiger charge is -2.40. The molecule has 1 aromatic carbocycles. The summed E-state index contributed by atoms with van der Waals surface area (Å²) < 4.78 is 0. The average Bonchev–Trinajstić information content (AvgIpc) is 3.39. The minimum Gasteiger partial charge on any atom is -0.342 e. The van der Waals surface area contributed by atoms with Crippen molar-refractivity contribution in [1.29, 1.82) is 0 Å². The SMILES string of the molecule is CC[C@@H]1CN(C(=O)C2CC2)CC[C@H]1N[C@H](C)c1cccc(Cl)c1. The van der Waals surface area contributed by atoms with Crippen LogP contribution in [-0.4, -0.2) is 29.9 Å². The monoisotopic (exact) mass is 334 g/mol. The van der Waals surface area contributed by atoms with Crippen LogP contribution >= 0.6 is 11.6 Å². The molecule has 1 aliphatic carbocycles. The van der Waals surface area contributed by atoms with Crippen LogP contribution in [0.1, 0.15) is 51.1 Å². The predicted molar refractivity (Wildman–Crippen MR) is 94.5 cm³/mol. The van der Waals surface area contributed by atoms with Crippen LogP contribution < -0.4 is 5.32 Å². The summed E-state index contributed by atoms with van der Waals surface area (Å²) in [6.45, 7) is 6.23. The number of amides is 1. The van der Waals surface area contributed by atoms with Crippen molar-refractivity contribution < 1.29 is 4.79 Å². The van der Waals surface area contributed by atoms with Gasteiger partial charge < -0.3 is 10.2 Å². The topological polar surface area (TPSA) is 32.3 Å². The first kappa shape index (κ1) is 16.8. The summed E-state index contributed by atoms with van der Waals surface area (Å²) in [5.74, 6) is 1.26. The Morgan fingerprint density at radius 1 is 1.39 bits per heavy atom. The molecule has 1 saturated carbocycles. The molecule has 1 amide bonds. The lowest BCUT2D eigenvalue weighted by atomic mass is 9.88. The molecule has 2 fully saturated rings. The molecule has 3 rings (SSSR count). The van der Waals surface area contributed by atoms with Crippen LogP contribution in [0.5, 0.6) is 0 Å². The van der Waals surface area contributed by atoms with Crippen LogP contribution in [0.25, 0.3) is 0 Å². The molecule has 2 aliphatic rings. The van der Waals surface area contributed by atoms with Crippen LogP contribution in [0.4, 0.5) is 0 Å². The van der Waals surface area contributed by atoms with E-state index in [-0.39, 0.29) is 6.04 Å². The molecule has 1 heterocycles. The van der Waals surface area contributed by atoms with Crippen molar-refractivity contribution in [1.82, 2.24) is 10.2 Å². The average molecular weight is 335 g/mol. The standard InChI is InChI=1S/C19H27ClN2O/c1-3-14-12-22(19(23)15-7-8-15)10-9-18(14)21-13(2)16-5-4-6-17(20)11-16/h4-6,11,13-15,18,21H,3,7-10,12H2,1-2H3/t13-,14-,18-/m1/s1. The van der Waals surface area contributed by atoms with Gasteiger partial charge in [0.2, 0.25) is 5.91 Å². The van der Waals surface area contributed by atoms with E-state index < -0.39 is 0 Å². The van der Waals surface area contributed by atoms with E-state index in [1.54, 1.807) is 0 Å². The number of rotatable bonds is 5. The normalized spacial score (nSPS) is 26.1. The van der Waals surface area contributed by atoms with E-state index >= 15 is 0 Å². The number of piperidine rings is 1. The van der Waals surface area contributed by atoms with E-state index in [1.165, 1.54) is 5.56 Å². The van der Waals surface area contributed by atoms with Gasteiger partial charge in [-0.15, -0.1) is 0 Å². The minimum absolute atomic E-state index is 0.276. The third kappa shape index (κ3) is 4.07. The van der Waals surface area contributed by atoms with E-state index in [2.05, 4.69) is 30.1 Å². The van der Waals surface area contributed by atoms with Crippen LogP contribution in [0.15, 0.2) is 24.3 Å². The summed E-state index contributed by atoms with van der Waals surface area (Å²) in [5.41, 5.74) is 1.23. The zero-order valence-corrected chi connectivity index (χ0v) is 14.9. The molecule has 1 saturated heterocycles. The Labute approximate surface area is 144 Å². The van der Waals surface area contributed by atoms with Gasteiger partial charge in [-0.3, -0.25) is 4.79 Å². The fourth-order valence-corrected chi connectivity index (χ4v) is 3.85. The number of hydrogen-bond donors (Lipinski definition) is 1. The van der Waals surface area contributed by atoms with Gasteiger partial charge in [0, 0.05) is 36.1 Å². The van der Waals surface area contributed by atoms with E-state index in [0.29, 0.717) is 23.8 Å². The third-order valence-corrected chi connectivity index (χ3v) is 5.54. The third-order valence-electron chi connectivity index (χ3n) is 5.31. The van der Waals surface area contributed by atoms with Crippen LogP contribution in [0, 0.1) is 11.8 Å². The van der Waals surface area contributed by atoms with Crippen LogP contribution in [0.2, 0.25) is 5.02 Å². The Kier molecular flexibility index (Phi) is 5.27. The lowest BCUT2D eigenvalue weighted by molar-refractivity contribution is -0.134. The summed E-state index contributed by atoms with van der Waals surface area (Å²) in [6, 6.07) is 8.82. The number of benzene rings is 1. The first-order valence-corrected chi connectivity index (χ1v) is 9.26. The van der Waals surface area contributed by atoms with Gasteiger partial charge in [0.25, 0.3) is 0 Å². The predicted octanol–water partition coefficient (Wildman–Crippen LogP) is 4.03. The summed E-state index contributed by atoms with van der Waals surface area (Å²) in [5, 5.41) is 4.56. The smallest absolute Gasteiger partial charge is 0.225 e. The number of likely N-dealkylation sites (tertiary alicyclic amines) is 1. The molecule has 23 heavy (non-hydrogen) atoms. The Bertz CT molecular complexity index is 558. The fraction of sp³-hybridized carbons (Fsp3) is 0.632. The van der Waals surface area contributed by atoms with Crippen molar-refractivity contribution in [3.63, 3.8) is 0 Å². The molecular formula is C19H27ClN2O. The Morgan fingerprint density at radius 3 is 2.83 bits per heavy atom. The first-order chi connectivity index (χ1) is 11.1. The number of nitrogens with zero attached hydrogens (tertiary/aromatic N) is 1. The largest absolute Gasteiger partial charge is 0.342 e. The Morgan fingerprint density at radius 2 is 2.17 bits per heavy atom. The Balaban J connectivity index is 1.60. The van der Waals surface area contributed by atoms with Crippen molar-refractivity contribution in [2.24, 2.45) is 11.8 Å². The number of carbonyl (C=O) groups is 1. The van der Waals surface area contributed by atoms with Crippen LogP contribution in [0.3, 0.4) is 0 Å². The molecule has 1 aliphatic heterocycles. The zero-order chi connectivity index (χ0) is 16.4. The van der Waals surface area contributed by atoms with Gasteiger partial charge >= 0.3 is 0 Å². The molecule has 3 atom stereocenters. The van der Waals surface area contributed by atoms with Crippen molar-refractivity contribution in [2.45, 2.75) is 51.6 Å². The van der Waals surface area contributed by atoms with Gasteiger partial charge in [-0.25, -0.2) is 0 Å². The molecule has 0 spiro atoms. The molecule has 0 radical (unpaired) electrons. The van der Waals surface area contributed by atoms with E-state index in [9.17, 15) is 4.79 Å². The minimum atomic E-state index is 0.276. The van der Waals surface area contributed by atoms with Crippen molar-refractivity contribution >= 4 is 17.5 Å². The van der Waals surface area contributed by atoms with Crippen LogP contribution in [-0.2, 0) is 4.79 Å².